The van der Waals surface area contributed by atoms with Crippen LogP contribution in [0.5, 0.6) is 5.75 Å². The van der Waals surface area contributed by atoms with Gasteiger partial charge in [-0.2, -0.15) is 0 Å². The summed E-state index contributed by atoms with van der Waals surface area (Å²) in [5.41, 5.74) is 1.21. The van der Waals surface area contributed by atoms with E-state index < -0.39 is 0 Å². The van der Waals surface area contributed by atoms with Crippen molar-refractivity contribution >= 4 is 0 Å². The Hall–Kier alpha value is -1.14. The summed E-state index contributed by atoms with van der Waals surface area (Å²) in [4.78, 5) is 0. The lowest BCUT2D eigenvalue weighted by Crippen LogP contribution is -2.25. The van der Waals surface area contributed by atoms with Crippen molar-refractivity contribution < 1.29 is 18.9 Å². The summed E-state index contributed by atoms with van der Waals surface area (Å²) in [7, 11) is 1.66. The summed E-state index contributed by atoms with van der Waals surface area (Å²) < 4.78 is 21.2. The maximum atomic E-state index is 5.63. The smallest absolute Gasteiger partial charge is 0.119 e. The van der Waals surface area contributed by atoms with Crippen LogP contribution in [0.1, 0.15) is 5.56 Å². The van der Waals surface area contributed by atoms with E-state index in [2.05, 4.69) is 18.3 Å². The van der Waals surface area contributed by atoms with Crippen molar-refractivity contribution in [2.45, 2.75) is 6.92 Å². The molecule has 0 aliphatic heterocycles. The molecule has 0 fully saturated rings. The molecule has 21 heavy (non-hydrogen) atoms. The number of methoxy groups -OCH3 is 1. The van der Waals surface area contributed by atoms with E-state index >= 15 is 0 Å². The van der Waals surface area contributed by atoms with E-state index in [0.717, 1.165) is 18.8 Å². The highest BCUT2D eigenvalue weighted by atomic mass is 16.5. The predicted octanol–water partition coefficient (Wildman–Crippen LogP) is 1.64. The van der Waals surface area contributed by atoms with Crippen LogP contribution in [-0.2, 0) is 14.2 Å². The molecule has 0 saturated carbocycles. The zero-order valence-electron chi connectivity index (χ0n) is 13.1. The van der Waals surface area contributed by atoms with Gasteiger partial charge in [-0.1, -0.05) is 12.1 Å². The van der Waals surface area contributed by atoms with Crippen molar-refractivity contribution in [3.63, 3.8) is 0 Å². The molecular weight excluding hydrogens is 270 g/mol. The molecule has 0 saturated heterocycles. The minimum Gasteiger partial charge on any atom is -0.492 e. The van der Waals surface area contributed by atoms with E-state index in [1.165, 1.54) is 5.56 Å². The highest BCUT2D eigenvalue weighted by Crippen LogP contribution is 2.11. The normalized spacial score (nSPS) is 10.8. The first-order valence-corrected chi connectivity index (χ1v) is 7.37. The topological polar surface area (TPSA) is 49.0 Å². The second-order valence-electron chi connectivity index (χ2n) is 4.63. The third-order valence-electron chi connectivity index (χ3n) is 2.76. The van der Waals surface area contributed by atoms with Gasteiger partial charge in [0.15, 0.2) is 0 Å². The van der Waals surface area contributed by atoms with E-state index in [9.17, 15) is 0 Å². The lowest BCUT2D eigenvalue weighted by atomic mass is 10.2. The van der Waals surface area contributed by atoms with Crippen molar-refractivity contribution in [3.8, 4) is 5.75 Å². The van der Waals surface area contributed by atoms with Crippen molar-refractivity contribution in [3.05, 3.63) is 29.8 Å². The van der Waals surface area contributed by atoms with Crippen LogP contribution in [0.3, 0.4) is 0 Å². The van der Waals surface area contributed by atoms with Gasteiger partial charge < -0.3 is 24.3 Å². The molecule has 1 aromatic carbocycles. The quantitative estimate of drug-likeness (QED) is 0.561. The Balaban J connectivity index is 1.82. The van der Waals surface area contributed by atoms with Crippen LogP contribution in [0, 0.1) is 6.92 Å². The van der Waals surface area contributed by atoms with Gasteiger partial charge in [0, 0.05) is 20.2 Å². The molecule has 0 bridgehead atoms. The first-order chi connectivity index (χ1) is 10.3. The Kier molecular flexibility index (Phi) is 10.7. The van der Waals surface area contributed by atoms with Gasteiger partial charge in [-0.25, -0.2) is 0 Å². The molecule has 0 aliphatic rings. The fraction of sp³-hybridized carbons (Fsp3) is 0.625. The maximum Gasteiger partial charge on any atom is 0.119 e. The van der Waals surface area contributed by atoms with Crippen molar-refractivity contribution in [2.24, 2.45) is 0 Å². The molecule has 0 unspecified atom stereocenters. The highest BCUT2D eigenvalue weighted by molar-refractivity contribution is 5.27. The molecule has 0 heterocycles. The fourth-order valence-corrected chi connectivity index (χ4v) is 1.68. The van der Waals surface area contributed by atoms with E-state index in [-0.39, 0.29) is 0 Å². The van der Waals surface area contributed by atoms with Gasteiger partial charge in [-0.05, 0) is 24.6 Å². The first kappa shape index (κ1) is 17.9. The molecule has 1 aromatic rings. The molecule has 0 atom stereocenters. The largest absolute Gasteiger partial charge is 0.492 e. The zero-order valence-corrected chi connectivity index (χ0v) is 13.1. The monoisotopic (exact) mass is 297 g/mol. The van der Waals surface area contributed by atoms with Gasteiger partial charge in [0.25, 0.3) is 0 Å². The Morgan fingerprint density at radius 1 is 0.905 bits per heavy atom. The fourth-order valence-electron chi connectivity index (χ4n) is 1.68. The van der Waals surface area contributed by atoms with Crippen molar-refractivity contribution in [1.29, 1.82) is 0 Å². The molecule has 5 nitrogen and oxygen atoms in total. The average Bonchev–Trinajstić information content (AvgIpc) is 2.48. The zero-order chi connectivity index (χ0) is 15.2. The summed E-state index contributed by atoms with van der Waals surface area (Å²) >= 11 is 0. The molecular formula is C16H27NO4. The van der Waals surface area contributed by atoms with Gasteiger partial charge in [0.05, 0.1) is 33.0 Å². The number of ether oxygens (including phenoxy) is 4. The summed E-state index contributed by atoms with van der Waals surface area (Å²) in [5.74, 6) is 0.918. The van der Waals surface area contributed by atoms with Gasteiger partial charge >= 0.3 is 0 Å². The van der Waals surface area contributed by atoms with Crippen LogP contribution in [-0.4, -0.2) is 59.8 Å². The number of hydrogen-bond acceptors (Lipinski definition) is 5. The Morgan fingerprint density at radius 2 is 1.62 bits per heavy atom. The number of nitrogens with one attached hydrogen (secondary N) is 1. The minimum atomic E-state index is 0.611. The summed E-state index contributed by atoms with van der Waals surface area (Å²) in [5, 5.41) is 3.27. The Morgan fingerprint density at radius 3 is 2.38 bits per heavy atom. The number of benzene rings is 1. The van der Waals surface area contributed by atoms with Crippen LogP contribution in [0.15, 0.2) is 24.3 Å². The van der Waals surface area contributed by atoms with Gasteiger partial charge in [0.1, 0.15) is 12.4 Å². The molecule has 120 valence electrons. The predicted molar refractivity (Wildman–Crippen MR) is 83.1 cm³/mol. The van der Waals surface area contributed by atoms with E-state index in [1.807, 2.05) is 18.2 Å². The number of aryl methyl sites for hydroxylation is 1. The number of hydrogen-bond donors (Lipinski definition) is 1. The van der Waals surface area contributed by atoms with Crippen molar-refractivity contribution in [2.75, 3.05) is 59.8 Å². The maximum absolute atomic E-state index is 5.63. The molecule has 0 aromatic heterocycles. The third-order valence-corrected chi connectivity index (χ3v) is 2.76. The Bertz CT molecular complexity index is 360. The van der Waals surface area contributed by atoms with Crippen LogP contribution < -0.4 is 10.1 Å². The van der Waals surface area contributed by atoms with Gasteiger partial charge in [-0.15, -0.1) is 0 Å². The first-order valence-electron chi connectivity index (χ1n) is 7.37. The standard InChI is InChI=1S/C16H27NO4/c1-15-4-3-5-16(14-15)21-9-7-17-6-8-19-12-13-20-11-10-18-2/h3-5,14,17H,6-13H2,1-2H3. The van der Waals surface area contributed by atoms with Crippen LogP contribution in [0.25, 0.3) is 0 Å². The van der Waals surface area contributed by atoms with E-state index in [0.29, 0.717) is 39.6 Å². The SMILES string of the molecule is COCCOCCOCCNCCOc1cccc(C)c1. The molecule has 0 radical (unpaired) electrons. The second-order valence-corrected chi connectivity index (χ2v) is 4.63. The van der Waals surface area contributed by atoms with Crippen molar-refractivity contribution in [1.82, 2.24) is 5.32 Å². The molecule has 1 rings (SSSR count). The Labute approximate surface area is 127 Å². The highest BCUT2D eigenvalue weighted by Gasteiger charge is 1.94. The molecule has 5 heteroatoms. The summed E-state index contributed by atoms with van der Waals surface area (Å²) in [6.45, 7) is 7.49. The van der Waals surface area contributed by atoms with Crippen LogP contribution in [0.2, 0.25) is 0 Å². The third kappa shape index (κ3) is 10.3. The average molecular weight is 297 g/mol. The minimum absolute atomic E-state index is 0.611. The molecule has 1 N–H and O–H groups in total. The lowest BCUT2D eigenvalue weighted by molar-refractivity contribution is 0.0255. The second kappa shape index (κ2) is 12.6. The molecule has 0 aliphatic carbocycles. The van der Waals surface area contributed by atoms with E-state index in [4.69, 9.17) is 18.9 Å². The summed E-state index contributed by atoms with van der Waals surface area (Å²) in [6.07, 6.45) is 0. The van der Waals surface area contributed by atoms with Crippen LogP contribution in [0.4, 0.5) is 0 Å². The van der Waals surface area contributed by atoms with Gasteiger partial charge in [-0.3, -0.25) is 0 Å². The molecule has 0 amide bonds. The summed E-state index contributed by atoms with van der Waals surface area (Å²) in [6, 6.07) is 8.06. The number of rotatable bonds is 13. The molecule has 0 spiro atoms. The van der Waals surface area contributed by atoms with Crippen LogP contribution >= 0.6 is 0 Å². The lowest BCUT2D eigenvalue weighted by Gasteiger charge is -2.09. The van der Waals surface area contributed by atoms with E-state index in [1.54, 1.807) is 7.11 Å². The van der Waals surface area contributed by atoms with Gasteiger partial charge in [0.2, 0.25) is 0 Å².